The molecule has 3 nitrogen and oxygen atoms in total. The van der Waals surface area contributed by atoms with Crippen LogP contribution in [0.25, 0.3) is 0 Å². The van der Waals surface area contributed by atoms with E-state index in [2.05, 4.69) is 4.98 Å². The molecular weight excluding hydrogens is 273 g/mol. The molecule has 1 heterocycles. The van der Waals surface area contributed by atoms with Gasteiger partial charge < -0.3 is 9.84 Å². The van der Waals surface area contributed by atoms with Crippen molar-refractivity contribution in [2.45, 2.75) is 13.0 Å². The van der Waals surface area contributed by atoms with Crippen molar-refractivity contribution in [1.29, 1.82) is 0 Å². The largest absolute Gasteiger partial charge is 0.439 e. The van der Waals surface area contributed by atoms with Gasteiger partial charge in [0.05, 0.1) is 16.1 Å². The fraction of sp³-hybridized carbons (Fsp3) is 0.154. The maximum atomic E-state index is 9.61. The third kappa shape index (κ3) is 2.93. The van der Waals surface area contributed by atoms with Crippen LogP contribution in [0.2, 0.25) is 10.0 Å². The van der Waals surface area contributed by atoms with Crippen LogP contribution in [0.5, 0.6) is 11.6 Å². The van der Waals surface area contributed by atoms with Gasteiger partial charge >= 0.3 is 0 Å². The highest BCUT2D eigenvalue weighted by Crippen LogP contribution is 2.31. The lowest BCUT2D eigenvalue weighted by molar-refractivity contribution is 0.194. The molecule has 0 amide bonds. The number of aliphatic hydroxyl groups is 1. The molecule has 0 spiro atoms. The third-order valence-corrected chi connectivity index (χ3v) is 3.10. The summed E-state index contributed by atoms with van der Waals surface area (Å²) in [4.78, 5) is 4.09. The minimum Gasteiger partial charge on any atom is -0.439 e. The standard InChI is InChI=1S/C13H11Cl2NO2/c1-8(17)10-3-2-6-16-13(10)18-9-4-5-11(14)12(15)7-9/h2-8,17H,1H3/t8-/m0/s1. The molecule has 0 saturated heterocycles. The van der Waals surface area contributed by atoms with Crippen LogP contribution in [0.1, 0.15) is 18.6 Å². The summed E-state index contributed by atoms with van der Waals surface area (Å²) in [6.45, 7) is 1.65. The Bertz CT molecular complexity index is 558. The molecule has 18 heavy (non-hydrogen) atoms. The Morgan fingerprint density at radius 3 is 2.67 bits per heavy atom. The van der Waals surface area contributed by atoms with Crippen molar-refractivity contribution in [3.05, 3.63) is 52.1 Å². The van der Waals surface area contributed by atoms with E-state index < -0.39 is 6.10 Å². The average molecular weight is 284 g/mol. The molecule has 0 bridgehead atoms. The summed E-state index contributed by atoms with van der Waals surface area (Å²) in [6, 6.07) is 8.43. The minimum absolute atomic E-state index is 0.353. The van der Waals surface area contributed by atoms with Gasteiger partial charge in [-0.05, 0) is 31.2 Å². The second kappa shape index (κ2) is 5.57. The molecule has 0 fully saturated rings. The van der Waals surface area contributed by atoms with Gasteiger partial charge in [0.2, 0.25) is 5.88 Å². The Hall–Kier alpha value is -1.29. The van der Waals surface area contributed by atoms with Crippen LogP contribution in [0, 0.1) is 0 Å². The van der Waals surface area contributed by atoms with Gasteiger partial charge in [-0.2, -0.15) is 0 Å². The number of rotatable bonds is 3. The van der Waals surface area contributed by atoms with Crippen molar-refractivity contribution < 1.29 is 9.84 Å². The molecule has 0 aliphatic rings. The van der Waals surface area contributed by atoms with Gasteiger partial charge in [0.25, 0.3) is 0 Å². The lowest BCUT2D eigenvalue weighted by Gasteiger charge is -2.11. The number of nitrogens with zero attached hydrogens (tertiary/aromatic N) is 1. The van der Waals surface area contributed by atoms with Crippen LogP contribution in [-0.2, 0) is 0 Å². The molecule has 0 radical (unpaired) electrons. The van der Waals surface area contributed by atoms with E-state index in [4.69, 9.17) is 27.9 Å². The minimum atomic E-state index is -0.656. The summed E-state index contributed by atoms with van der Waals surface area (Å²) in [5.74, 6) is 0.871. The summed E-state index contributed by atoms with van der Waals surface area (Å²) in [5.41, 5.74) is 0.614. The van der Waals surface area contributed by atoms with Crippen LogP contribution < -0.4 is 4.74 Å². The Labute approximate surface area is 115 Å². The Morgan fingerprint density at radius 2 is 2.00 bits per heavy atom. The van der Waals surface area contributed by atoms with E-state index in [1.807, 2.05) is 0 Å². The molecule has 1 aromatic heterocycles. The van der Waals surface area contributed by atoms with E-state index in [1.54, 1.807) is 43.5 Å². The van der Waals surface area contributed by atoms with Crippen LogP contribution in [0.15, 0.2) is 36.5 Å². The molecule has 0 aliphatic carbocycles. The van der Waals surface area contributed by atoms with Gasteiger partial charge in [-0.3, -0.25) is 0 Å². The molecule has 0 saturated carbocycles. The van der Waals surface area contributed by atoms with E-state index in [0.29, 0.717) is 27.2 Å². The molecule has 0 unspecified atom stereocenters. The van der Waals surface area contributed by atoms with E-state index in [1.165, 1.54) is 0 Å². The van der Waals surface area contributed by atoms with Crippen LogP contribution >= 0.6 is 23.2 Å². The molecule has 5 heteroatoms. The Kier molecular flexibility index (Phi) is 4.07. The maximum Gasteiger partial charge on any atom is 0.225 e. The highest BCUT2D eigenvalue weighted by atomic mass is 35.5. The predicted molar refractivity (Wildman–Crippen MR) is 71.4 cm³/mol. The van der Waals surface area contributed by atoms with Crippen LogP contribution in [0.3, 0.4) is 0 Å². The maximum absolute atomic E-state index is 9.61. The molecule has 0 aliphatic heterocycles. The zero-order chi connectivity index (χ0) is 13.1. The van der Waals surface area contributed by atoms with Gasteiger partial charge in [0.15, 0.2) is 0 Å². The quantitative estimate of drug-likeness (QED) is 0.916. The second-order valence-corrected chi connectivity index (χ2v) is 4.57. The lowest BCUT2D eigenvalue weighted by Crippen LogP contribution is -1.98. The number of hydrogen-bond acceptors (Lipinski definition) is 3. The second-order valence-electron chi connectivity index (χ2n) is 3.75. The van der Waals surface area contributed by atoms with E-state index in [0.717, 1.165) is 0 Å². The smallest absolute Gasteiger partial charge is 0.225 e. The number of aromatic nitrogens is 1. The molecule has 2 rings (SSSR count). The van der Waals surface area contributed by atoms with Gasteiger partial charge in [0.1, 0.15) is 5.75 Å². The fourth-order valence-corrected chi connectivity index (χ4v) is 1.75. The summed E-state index contributed by atoms with van der Waals surface area (Å²) in [6.07, 6.45) is 0.940. The summed E-state index contributed by atoms with van der Waals surface area (Å²) in [5, 5.41) is 10.5. The Morgan fingerprint density at radius 1 is 1.22 bits per heavy atom. The predicted octanol–water partition coefficient (Wildman–Crippen LogP) is 4.23. The topological polar surface area (TPSA) is 42.4 Å². The molecule has 2 aromatic rings. The lowest BCUT2D eigenvalue weighted by atomic mass is 10.2. The van der Waals surface area contributed by atoms with Crippen molar-refractivity contribution in [2.24, 2.45) is 0 Å². The van der Waals surface area contributed by atoms with Gasteiger partial charge in [0, 0.05) is 17.8 Å². The first-order chi connectivity index (χ1) is 8.58. The van der Waals surface area contributed by atoms with Gasteiger partial charge in [-0.15, -0.1) is 0 Å². The van der Waals surface area contributed by atoms with E-state index in [9.17, 15) is 5.11 Å². The first-order valence-electron chi connectivity index (χ1n) is 5.34. The molecule has 1 aromatic carbocycles. The summed E-state index contributed by atoms with van der Waals surface area (Å²) < 4.78 is 5.59. The zero-order valence-electron chi connectivity index (χ0n) is 9.60. The van der Waals surface area contributed by atoms with E-state index in [-0.39, 0.29) is 0 Å². The molecule has 1 N–H and O–H groups in total. The first-order valence-corrected chi connectivity index (χ1v) is 6.09. The number of hydrogen-bond donors (Lipinski definition) is 1. The molecule has 1 atom stereocenters. The number of pyridine rings is 1. The zero-order valence-corrected chi connectivity index (χ0v) is 11.1. The number of aliphatic hydroxyl groups excluding tert-OH is 1. The van der Waals surface area contributed by atoms with Crippen LogP contribution in [-0.4, -0.2) is 10.1 Å². The number of halogens is 2. The van der Waals surface area contributed by atoms with Gasteiger partial charge in [-0.1, -0.05) is 23.2 Å². The third-order valence-electron chi connectivity index (χ3n) is 2.36. The summed E-state index contributed by atoms with van der Waals surface area (Å²) >= 11 is 11.7. The average Bonchev–Trinajstić information content (AvgIpc) is 2.34. The number of ether oxygens (including phenoxy) is 1. The highest BCUT2D eigenvalue weighted by molar-refractivity contribution is 6.42. The Balaban J connectivity index is 2.31. The fourth-order valence-electron chi connectivity index (χ4n) is 1.46. The monoisotopic (exact) mass is 283 g/mol. The normalized spacial score (nSPS) is 12.2. The van der Waals surface area contributed by atoms with Gasteiger partial charge in [-0.25, -0.2) is 4.98 Å². The van der Waals surface area contributed by atoms with Crippen molar-refractivity contribution in [2.75, 3.05) is 0 Å². The summed E-state index contributed by atoms with van der Waals surface area (Å²) in [7, 11) is 0. The van der Waals surface area contributed by atoms with Crippen molar-refractivity contribution >= 4 is 23.2 Å². The SMILES string of the molecule is C[C@H](O)c1cccnc1Oc1ccc(Cl)c(Cl)c1. The first kappa shape index (κ1) is 13.1. The van der Waals surface area contributed by atoms with Crippen molar-refractivity contribution in [3.8, 4) is 11.6 Å². The van der Waals surface area contributed by atoms with E-state index >= 15 is 0 Å². The van der Waals surface area contributed by atoms with Crippen LogP contribution in [0.4, 0.5) is 0 Å². The number of benzene rings is 1. The van der Waals surface area contributed by atoms with Crippen molar-refractivity contribution in [1.82, 2.24) is 4.98 Å². The van der Waals surface area contributed by atoms with Crippen molar-refractivity contribution in [3.63, 3.8) is 0 Å². The highest BCUT2D eigenvalue weighted by Gasteiger charge is 2.11. The molecular formula is C13H11Cl2NO2. The molecule has 94 valence electrons.